The number of aliphatic carboxylic acids is 1. The number of carbonyl (C=O) groups is 2. The average Bonchev–Trinajstić information content (AvgIpc) is 3.02. The molecule has 24 heavy (non-hydrogen) atoms. The molecule has 1 saturated heterocycles. The van der Waals surface area contributed by atoms with Crippen LogP contribution in [-0.4, -0.2) is 46.9 Å². The molecular weight excluding hydrogens is 310 g/mol. The minimum Gasteiger partial charge on any atom is -0.480 e. The Hall–Kier alpha value is -1.92. The predicted molar refractivity (Wildman–Crippen MR) is 88.3 cm³/mol. The van der Waals surface area contributed by atoms with Crippen LogP contribution >= 0.6 is 0 Å². The molecule has 1 aromatic carbocycles. The van der Waals surface area contributed by atoms with Crippen molar-refractivity contribution in [1.82, 2.24) is 4.90 Å². The zero-order valence-electron chi connectivity index (χ0n) is 14.4. The molecule has 0 spiro atoms. The molecule has 1 aromatic rings. The van der Waals surface area contributed by atoms with E-state index in [0.29, 0.717) is 6.54 Å². The van der Waals surface area contributed by atoms with Crippen molar-refractivity contribution in [2.75, 3.05) is 13.2 Å². The highest BCUT2D eigenvalue weighted by Crippen LogP contribution is 2.32. The lowest BCUT2D eigenvalue weighted by atomic mass is 10.0. The quantitative estimate of drug-likeness (QED) is 0.775. The van der Waals surface area contributed by atoms with Gasteiger partial charge in [0.15, 0.2) is 5.79 Å². The lowest BCUT2D eigenvalue weighted by Gasteiger charge is -2.32. The van der Waals surface area contributed by atoms with E-state index in [1.165, 1.54) is 0 Å². The number of carbonyl (C=O) groups excluding carboxylic acids is 1. The van der Waals surface area contributed by atoms with Gasteiger partial charge in [-0.3, -0.25) is 4.79 Å². The summed E-state index contributed by atoms with van der Waals surface area (Å²) in [5.74, 6) is -2.32. The molecule has 0 aromatic heterocycles. The number of likely N-dealkylation sites (tertiary alicyclic amines) is 1. The van der Waals surface area contributed by atoms with E-state index in [2.05, 4.69) is 0 Å². The van der Waals surface area contributed by atoms with E-state index in [-0.39, 0.29) is 11.9 Å². The van der Waals surface area contributed by atoms with Crippen LogP contribution in [0.2, 0.25) is 0 Å². The smallest absolute Gasteiger partial charge is 0.329 e. The Morgan fingerprint density at radius 2 is 2.00 bits per heavy atom. The van der Waals surface area contributed by atoms with Gasteiger partial charge in [-0.25, -0.2) is 4.79 Å². The number of amides is 1. The Labute approximate surface area is 142 Å². The summed E-state index contributed by atoms with van der Waals surface area (Å²) in [5, 5.41) is 8.70. The number of benzene rings is 1. The van der Waals surface area contributed by atoms with E-state index in [4.69, 9.17) is 14.6 Å². The Kier molecular flexibility index (Phi) is 5.96. The van der Waals surface area contributed by atoms with Crippen molar-refractivity contribution >= 4 is 11.9 Å². The maximum absolute atomic E-state index is 12.8. The van der Waals surface area contributed by atoms with E-state index in [0.717, 1.165) is 18.4 Å². The molecule has 0 aliphatic carbocycles. The fourth-order valence-electron chi connectivity index (χ4n) is 3.03. The monoisotopic (exact) mass is 335 g/mol. The molecule has 1 fully saturated rings. The van der Waals surface area contributed by atoms with Gasteiger partial charge in [-0.2, -0.15) is 0 Å². The van der Waals surface area contributed by atoms with Crippen LogP contribution in [0, 0.1) is 0 Å². The minimum absolute atomic E-state index is 0.0628. The molecule has 1 amide bonds. The first-order valence-electron chi connectivity index (χ1n) is 8.19. The van der Waals surface area contributed by atoms with Gasteiger partial charge in [-0.05, 0) is 39.2 Å². The van der Waals surface area contributed by atoms with E-state index < -0.39 is 24.5 Å². The van der Waals surface area contributed by atoms with E-state index in [1.54, 1.807) is 20.8 Å². The van der Waals surface area contributed by atoms with Crippen LogP contribution in [0.1, 0.15) is 45.2 Å². The van der Waals surface area contributed by atoms with Gasteiger partial charge in [0.05, 0.1) is 6.04 Å². The Morgan fingerprint density at radius 1 is 1.33 bits per heavy atom. The molecule has 2 atom stereocenters. The fourth-order valence-corrected chi connectivity index (χ4v) is 3.03. The molecule has 1 aliphatic rings. The first-order chi connectivity index (χ1) is 11.3. The third-order valence-corrected chi connectivity index (χ3v) is 4.07. The first-order valence-corrected chi connectivity index (χ1v) is 8.19. The molecule has 132 valence electrons. The first kappa shape index (κ1) is 18.4. The van der Waals surface area contributed by atoms with Crippen molar-refractivity contribution in [3.05, 3.63) is 35.9 Å². The van der Waals surface area contributed by atoms with Gasteiger partial charge in [0.1, 0.15) is 12.7 Å². The molecule has 0 radical (unpaired) electrons. The Bertz CT molecular complexity index is 572. The molecule has 2 rings (SSSR count). The van der Waals surface area contributed by atoms with Gasteiger partial charge >= 0.3 is 5.97 Å². The van der Waals surface area contributed by atoms with Gasteiger partial charge in [0, 0.05) is 6.54 Å². The summed E-state index contributed by atoms with van der Waals surface area (Å²) in [6.07, 6.45) is 1.18. The van der Waals surface area contributed by atoms with Crippen LogP contribution in [0.25, 0.3) is 0 Å². The van der Waals surface area contributed by atoms with Crippen molar-refractivity contribution < 1.29 is 24.2 Å². The normalized spacial score (nSPS) is 19.3. The summed E-state index contributed by atoms with van der Waals surface area (Å²) >= 11 is 0. The summed E-state index contributed by atoms with van der Waals surface area (Å²) in [4.78, 5) is 25.2. The lowest BCUT2D eigenvalue weighted by Crippen LogP contribution is -2.43. The number of carboxylic acids is 1. The topological polar surface area (TPSA) is 76.1 Å². The largest absolute Gasteiger partial charge is 0.480 e. The average molecular weight is 335 g/mol. The van der Waals surface area contributed by atoms with Crippen LogP contribution in [0.4, 0.5) is 0 Å². The molecule has 0 bridgehead atoms. The summed E-state index contributed by atoms with van der Waals surface area (Å²) in [5.41, 5.74) is 1.12. The maximum Gasteiger partial charge on any atom is 0.329 e. The second-order valence-corrected chi connectivity index (χ2v) is 6.44. The van der Waals surface area contributed by atoms with Crippen molar-refractivity contribution in [1.29, 1.82) is 0 Å². The maximum atomic E-state index is 12.8. The van der Waals surface area contributed by atoms with E-state index in [9.17, 15) is 9.59 Å². The summed E-state index contributed by atoms with van der Waals surface area (Å²) < 4.78 is 10.9. The minimum atomic E-state index is -1.14. The Morgan fingerprint density at radius 3 is 2.62 bits per heavy atom. The molecule has 1 N–H and O–H groups in total. The van der Waals surface area contributed by atoms with Crippen molar-refractivity contribution in [3.63, 3.8) is 0 Å². The zero-order chi connectivity index (χ0) is 17.7. The molecule has 6 nitrogen and oxygen atoms in total. The SMILES string of the molecule is C[C@H](OC(C)(C)OCC(=O)O)C(=O)N1CCCC1c1ccccc1. The van der Waals surface area contributed by atoms with Gasteiger partial charge < -0.3 is 19.5 Å². The van der Waals surface area contributed by atoms with Crippen LogP contribution in [-0.2, 0) is 19.1 Å². The highest BCUT2D eigenvalue weighted by molar-refractivity contribution is 5.81. The van der Waals surface area contributed by atoms with Crippen molar-refractivity contribution in [3.8, 4) is 0 Å². The van der Waals surface area contributed by atoms with Crippen LogP contribution in [0.5, 0.6) is 0 Å². The predicted octanol–water partition coefficient (Wildman–Crippen LogP) is 2.59. The van der Waals surface area contributed by atoms with Crippen LogP contribution in [0.3, 0.4) is 0 Å². The van der Waals surface area contributed by atoms with Crippen LogP contribution in [0.15, 0.2) is 30.3 Å². The number of rotatable bonds is 7. The third-order valence-electron chi connectivity index (χ3n) is 4.07. The standard InChI is InChI=1S/C18H25NO5/c1-13(24-18(2,3)23-12-16(20)21)17(22)19-11-7-10-15(19)14-8-5-4-6-9-14/h4-6,8-9,13,15H,7,10-12H2,1-3H3,(H,20,21)/t13-,15?/m0/s1. The van der Waals surface area contributed by atoms with E-state index in [1.807, 2.05) is 35.2 Å². The summed E-state index contributed by atoms with van der Waals surface area (Å²) in [6.45, 7) is 5.12. The number of hydrogen-bond acceptors (Lipinski definition) is 4. The lowest BCUT2D eigenvalue weighted by molar-refractivity contribution is -0.236. The second kappa shape index (κ2) is 7.77. The van der Waals surface area contributed by atoms with Gasteiger partial charge in [0.25, 0.3) is 5.91 Å². The summed E-state index contributed by atoms with van der Waals surface area (Å²) in [7, 11) is 0. The molecule has 1 unspecified atom stereocenters. The second-order valence-electron chi connectivity index (χ2n) is 6.44. The number of nitrogens with zero attached hydrogens (tertiary/aromatic N) is 1. The fraction of sp³-hybridized carbons (Fsp3) is 0.556. The Balaban J connectivity index is 2.00. The highest BCUT2D eigenvalue weighted by Gasteiger charge is 2.35. The number of hydrogen-bond donors (Lipinski definition) is 1. The molecule has 6 heteroatoms. The van der Waals surface area contributed by atoms with Crippen LogP contribution < -0.4 is 0 Å². The summed E-state index contributed by atoms with van der Waals surface area (Å²) in [6, 6.07) is 10.0. The van der Waals surface area contributed by atoms with Gasteiger partial charge in [0.2, 0.25) is 0 Å². The zero-order valence-corrected chi connectivity index (χ0v) is 14.4. The number of ether oxygens (including phenoxy) is 2. The number of carboxylic acid groups (broad SMARTS) is 1. The van der Waals surface area contributed by atoms with Crippen molar-refractivity contribution in [2.45, 2.75) is 51.5 Å². The molecular formula is C18H25NO5. The van der Waals surface area contributed by atoms with Gasteiger partial charge in [-0.15, -0.1) is 0 Å². The molecule has 0 saturated carbocycles. The van der Waals surface area contributed by atoms with E-state index >= 15 is 0 Å². The molecule has 1 heterocycles. The van der Waals surface area contributed by atoms with Gasteiger partial charge in [-0.1, -0.05) is 30.3 Å². The third kappa shape index (κ3) is 4.79. The van der Waals surface area contributed by atoms with Crippen molar-refractivity contribution in [2.24, 2.45) is 0 Å². The highest BCUT2D eigenvalue weighted by atomic mass is 16.7. The molecule has 1 aliphatic heterocycles.